The number of aliphatic carboxylic acids is 1. The summed E-state index contributed by atoms with van der Waals surface area (Å²) in [6.45, 7) is 8.53. The van der Waals surface area contributed by atoms with E-state index in [1.54, 1.807) is 0 Å². The Morgan fingerprint density at radius 3 is 2.33 bits per heavy atom. The number of allylic oxidation sites excluding steroid dienone is 1. The van der Waals surface area contributed by atoms with Crippen LogP contribution in [0.4, 0.5) is 5.69 Å². The van der Waals surface area contributed by atoms with E-state index in [1.807, 2.05) is 26.0 Å². The van der Waals surface area contributed by atoms with Gasteiger partial charge in [0.2, 0.25) is 5.91 Å². The number of carboxylic acid groups (broad SMARTS) is 1. The molecule has 6 heteroatoms. The van der Waals surface area contributed by atoms with E-state index in [2.05, 4.69) is 30.7 Å². The van der Waals surface area contributed by atoms with Crippen molar-refractivity contribution in [2.24, 2.45) is 29.6 Å². The average Bonchev–Trinajstić information content (AvgIpc) is 3.41. The second-order valence-corrected chi connectivity index (χ2v) is 10.9. The Bertz CT molecular complexity index is 908. The van der Waals surface area contributed by atoms with Crippen molar-refractivity contribution in [3.05, 3.63) is 40.7 Å². The second-order valence-electron chi connectivity index (χ2n) is 10.9. The highest BCUT2D eigenvalue weighted by Gasteiger charge is 2.47. The van der Waals surface area contributed by atoms with E-state index < -0.39 is 5.97 Å². The van der Waals surface area contributed by atoms with Crippen LogP contribution in [0.2, 0.25) is 0 Å². The standard InChI is InChI=1S/C27H38N2O4/c1-15(2)7-18-11-21(12-18)27-25(19-5-6-19)26(29-33-27)20(14-24(31)32)13-23(30)28-22-9-16(3)8-17(4)10-22/h8-10,15,18-21,26,29H,5-7,11-14H2,1-4H3,(H,28,30)(H,31,32). The topological polar surface area (TPSA) is 87.7 Å². The molecular weight excluding hydrogens is 416 g/mol. The van der Waals surface area contributed by atoms with Crippen molar-refractivity contribution < 1.29 is 19.5 Å². The zero-order valence-electron chi connectivity index (χ0n) is 20.3. The van der Waals surface area contributed by atoms with Gasteiger partial charge in [0.15, 0.2) is 0 Å². The Morgan fingerprint density at radius 2 is 1.76 bits per heavy atom. The van der Waals surface area contributed by atoms with Gasteiger partial charge in [0.1, 0.15) is 5.76 Å². The van der Waals surface area contributed by atoms with Crippen molar-refractivity contribution in [3.8, 4) is 0 Å². The predicted molar refractivity (Wildman–Crippen MR) is 128 cm³/mol. The monoisotopic (exact) mass is 454 g/mol. The van der Waals surface area contributed by atoms with Crippen LogP contribution in [0.15, 0.2) is 29.5 Å². The van der Waals surface area contributed by atoms with Gasteiger partial charge in [-0.1, -0.05) is 19.9 Å². The Kier molecular flexibility index (Phi) is 7.13. The first-order chi connectivity index (χ1) is 15.7. The minimum atomic E-state index is -0.884. The largest absolute Gasteiger partial charge is 0.481 e. The van der Waals surface area contributed by atoms with E-state index in [0.29, 0.717) is 17.8 Å². The summed E-state index contributed by atoms with van der Waals surface area (Å²) in [6, 6.07) is 5.72. The van der Waals surface area contributed by atoms with E-state index in [0.717, 1.165) is 54.2 Å². The molecule has 1 aliphatic heterocycles. The Morgan fingerprint density at radius 1 is 1.09 bits per heavy atom. The summed E-state index contributed by atoms with van der Waals surface area (Å²) in [7, 11) is 0. The number of nitrogens with one attached hydrogen (secondary N) is 2. The summed E-state index contributed by atoms with van der Waals surface area (Å²) in [5.74, 6) is 2.00. The number of rotatable bonds is 10. The maximum atomic E-state index is 12.9. The summed E-state index contributed by atoms with van der Waals surface area (Å²) in [5, 5.41) is 12.6. The third-order valence-corrected chi connectivity index (χ3v) is 7.21. The van der Waals surface area contributed by atoms with Crippen molar-refractivity contribution in [1.82, 2.24) is 5.48 Å². The molecule has 2 saturated carbocycles. The number of hydrogen-bond donors (Lipinski definition) is 3. The number of aryl methyl sites for hydroxylation is 2. The fourth-order valence-electron chi connectivity index (χ4n) is 5.76. The normalized spacial score (nSPS) is 25.5. The lowest BCUT2D eigenvalue weighted by atomic mass is 9.69. The molecule has 1 aromatic rings. The molecule has 2 atom stereocenters. The molecule has 0 aromatic heterocycles. The molecule has 0 saturated heterocycles. The molecule has 3 aliphatic rings. The molecule has 4 rings (SSSR count). The smallest absolute Gasteiger partial charge is 0.303 e. The fourth-order valence-corrected chi connectivity index (χ4v) is 5.76. The number of hydroxylamine groups is 1. The number of amides is 1. The van der Waals surface area contributed by atoms with Gasteiger partial charge in [0, 0.05) is 23.9 Å². The highest BCUT2D eigenvalue weighted by atomic mass is 16.7. The average molecular weight is 455 g/mol. The molecule has 6 nitrogen and oxygen atoms in total. The van der Waals surface area contributed by atoms with Crippen LogP contribution in [0, 0.1) is 43.4 Å². The van der Waals surface area contributed by atoms with Gasteiger partial charge in [-0.2, -0.15) is 0 Å². The first-order valence-corrected chi connectivity index (χ1v) is 12.5. The Hall–Kier alpha value is -2.34. The highest BCUT2D eigenvalue weighted by Crippen LogP contribution is 2.51. The molecule has 0 radical (unpaired) electrons. The van der Waals surface area contributed by atoms with E-state index in [1.165, 1.54) is 12.0 Å². The summed E-state index contributed by atoms with van der Waals surface area (Å²) < 4.78 is 0. The molecule has 0 spiro atoms. The zero-order chi connectivity index (χ0) is 23.7. The zero-order valence-corrected chi connectivity index (χ0v) is 20.3. The number of hydrogen-bond acceptors (Lipinski definition) is 4. The van der Waals surface area contributed by atoms with E-state index in [-0.39, 0.29) is 30.7 Å². The Balaban J connectivity index is 1.47. The van der Waals surface area contributed by atoms with Gasteiger partial charge in [0.25, 0.3) is 0 Å². The molecular formula is C27H38N2O4. The molecule has 1 amide bonds. The lowest BCUT2D eigenvalue weighted by Gasteiger charge is -2.36. The van der Waals surface area contributed by atoms with Crippen LogP contribution in [0.3, 0.4) is 0 Å². The van der Waals surface area contributed by atoms with Gasteiger partial charge in [-0.3, -0.25) is 9.59 Å². The number of anilines is 1. The number of benzene rings is 1. The Labute approximate surface area is 197 Å². The van der Waals surface area contributed by atoms with Crippen molar-refractivity contribution in [1.29, 1.82) is 0 Å². The fraction of sp³-hybridized carbons (Fsp3) is 0.630. The van der Waals surface area contributed by atoms with Crippen LogP contribution in [-0.2, 0) is 14.4 Å². The van der Waals surface area contributed by atoms with Crippen LogP contribution < -0.4 is 10.8 Å². The van der Waals surface area contributed by atoms with E-state index in [9.17, 15) is 14.7 Å². The first kappa shape index (κ1) is 23.8. The van der Waals surface area contributed by atoms with Crippen LogP contribution >= 0.6 is 0 Å². The van der Waals surface area contributed by atoms with Gasteiger partial charge in [-0.15, -0.1) is 5.48 Å². The molecule has 3 N–H and O–H groups in total. The minimum Gasteiger partial charge on any atom is -0.481 e. The third kappa shape index (κ3) is 5.97. The molecule has 1 aromatic carbocycles. The van der Waals surface area contributed by atoms with Crippen LogP contribution in [0.25, 0.3) is 0 Å². The number of carbonyl (C=O) groups excluding carboxylic acids is 1. The summed E-state index contributed by atoms with van der Waals surface area (Å²) in [4.78, 5) is 30.7. The lowest BCUT2D eigenvalue weighted by molar-refractivity contribution is -0.138. The van der Waals surface area contributed by atoms with Crippen molar-refractivity contribution in [2.45, 2.75) is 78.7 Å². The quantitative estimate of drug-likeness (QED) is 0.443. The number of carbonyl (C=O) groups is 2. The first-order valence-electron chi connectivity index (χ1n) is 12.5. The highest BCUT2D eigenvalue weighted by molar-refractivity contribution is 5.91. The van der Waals surface area contributed by atoms with Crippen LogP contribution in [-0.4, -0.2) is 23.0 Å². The molecule has 2 aliphatic carbocycles. The molecule has 2 fully saturated rings. The van der Waals surface area contributed by atoms with E-state index in [4.69, 9.17) is 4.84 Å². The van der Waals surface area contributed by atoms with Gasteiger partial charge < -0.3 is 15.3 Å². The molecule has 1 heterocycles. The van der Waals surface area contributed by atoms with Crippen LogP contribution in [0.1, 0.15) is 69.9 Å². The lowest BCUT2D eigenvalue weighted by Crippen LogP contribution is -2.37. The van der Waals surface area contributed by atoms with Gasteiger partial charge in [-0.25, -0.2) is 0 Å². The van der Waals surface area contributed by atoms with Gasteiger partial charge in [-0.05, 0) is 92.5 Å². The maximum absolute atomic E-state index is 12.9. The maximum Gasteiger partial charge on any atom is 0.303 e. The molecule has 180 valence electrons. The number of carboxylic acids is 1. The molecule has 2 unspecified atom stereocenters. The summed E-state index contributed by atoms with van der Waals surface area (Å²) >= 11 is 0. The molecule has 33 heavy (non-hydrogen) atoms. The molecule has 0 bridgehead atoms. The second kappa shape index (κ2) is 9.88. The minimum absolute atomic E-state index is 0.0641. The van der Waals surface area contributed by atoms with Crippen molar-refractivity contribution in [2.75, 3.05) is 5.32 Å². The third-order valence-electron chi connectivity index (χ3n) is 7.21. The van der Waals surface area contributed by atoms with Crippen molar-refractivity contribution in [3.63, 3.8) is 0 Å². The summed E-state index contributed by atoms with van der Waals surface area (Å²) in [5.41, 5.74) is 7.32. The van der Waals surface area contributed by atoms with Gasteiger partial charge >= 0.3 is 5.97 Å². The van der Waals surface area contributed by atoms with Crippen molar-refractivity contribution >= 4 is 17.6 Å². The predicted octanol–water partition coefficient (Wildman–Crippen LogP) is 5.36. The summed E-state index contributed by atoms with van der Waals surface area (Å²) in [6.07, 6.45) is 5.87. The van der Waals surface area contributed by atoms with E-state index >= 15 is 0 Å². The van der Waals surface area contributed by atoms with Crippen LogP contribution in [0.5, 0.6) is 0 Å². The van der Waals surface area contributed by atoms with Gasteiger partial charge in [0.05, 0.1) is 12.5 Å². The SMILES string of the molecule is Cc1cc(C)cc(NC(=O)CC(CC(=O)O)C2NOC(C3CC(CC(C)C)C3)=C2C2CC2)c1.